The van der Waals surface area contributed by atoms with Crippen LogP contribution in [0.25, 0.3) is 0 Å². The van der Waals surface area contributed by atoms with E-state index in [9.17, 15) is 0 Å². The molecule has 0 aliphatic heterocycles. The summed E-state index contributed by atoms with van der Waals surface area (Å²) in [6, 6.07) is 0.542. The van der Waals surface area contributed by atoms with Gasteiger partial charge < -0.3 is 10.1 Å². The number of hydrogen-bond donors (Lipinski definition) is 1. The van der Waals surface area contributed by atoms with Gasteiger partial charge in [0.25, 0.3) is 0 Å². The molecule has 0 saturated heterocycles. The van der Waals surface area contributed by atoms with E-state index in [2.05, 4.69) is 19.2 Å². The molecule has 0 amide bonds. The van der Waals surface area contributed by atoms with E-state index >= 15 is 0 Å². The summed E-state index contributed by atoms with van der Waals surface area (Å²) in [5.41, 5.74) is 0. The van der Waals surface area contributed by atoms with Crippen molar-refractivity contribution in [3.8, 4) is 0 Å². The highest BCUT2D eigenvalue weighted by Crippen LogP contribution is 1.89. The molecule has 1 N–H and O–H groups in total. The molecular formula is C9H23NO. The maximum absolute atomic E-state index is 4.98. The van der Waals surface area contributed by atoms with Crippen LogP contribution in [-0.4, -0.2) is 26.3 Å². The molecule has 0 saturated carbocycles. The molecule has 0 rings (SSSR count). The molecule has 0 bridgehead atoms. The van der Waals surface area contributed by atoms with Gasteiger partial charge in [-0.05, 0) is 13.0 Å². The zero-order valence-corrected chi connectivity index (χ0v) is 8.61. The van der Waals surface area contributed by atoms with Crippen molar-refractivity contribution in [3.05, 3.63) is 0 Å². The van der Waals surface area contributed by atoms with Gasteiger partial charge in [-0.1, -0.05) is 27.7 Å². The van der Waals surface area contributed by atoms with Gasteiger partial charge in [0.2, 0.25) is 0 Å². The summed E-state index contributed by atoms with van der Waals surface area (Å²) >= 11 is 0. The normalized spacial score (nSPS) is 11.7. The van der Waals surface area contributed by atoms with Gasteiger partial charge in [0.1, 0.15) is 0 Å². The Morgan fingerprint density at radius 2 is 1.82 bits per heavy atom. The Morgan fingerprint density at radius 3 is 2.09 bits per heavy atom. The molecule has 0 heterocycles. The third-order valence-electron chi connectivity index (χ3n) is 1.35. The first-order valence-corrected chi connectivity index (χ1v) is 4.57. The van der Waals surface area contributed by atoms with Gasteiger partial charge in [-0.15, -0.1) is 0 Å². The van der Waals surface area contributed by atoms with Crippen molar-refractivity contribution in [2.75, 3.05) is 20.3 Å². The second kappa shape index (κ2) is 12.6. The minimum atomic E-state index is 0.542. The molecule has 0 aliphatic carbocycles. The van der Waals surface area contributed by atoms with Gasteiger partial charge in [-0.25, -0.2) is 0 Å². The van der Waals surface area contributed by atoms with Gasteiger partial charge in [-0.3, -0.25) is 0 Å². The molecule has 0 spiro atoms. The largest absolute Gasteiger partial charge is 0.383 e. The second-order valence-electron chi connectivity index (χ2n) is 2.12. The van der Waals surface area contributed by atoms with Crippen molar-refractivity contribution in [2.45, 2.75) is 40.2 Å². The fourth-order valence-electron chi connectivity index (χ4n) is 0.811. The van der Waals surface area contributed by atoms with Crippen LogP contribution in [0.5, 0.6) is 0 Å². The number of ether oxygens (including phenoxy) is 1. The van der Waals surface area contributed by atoms with E-state index in [0.717, 1.165) is 19.6 Å². The highest BCUT2D eigenvalue weighted by molar-refractivity contribution is 4.60. The van der Waals surface area contributed by atoms with Crippen molar-refractivity contribution < 1.29 is 4.74 Å². The molecule has 0 unspecified atom stereocenters. The number of nitrogens with one attached hydrogen (secondary N) is 1. The first-order valence-electron chi connectivity index (χ1n) is 4.57. The van der Waals surface area contributed by atoms with E-state index in [1.165, 1.54) is 0 Å². The first-order chi connectivity index (χ1) is 5.35. The van der Waals surface area contributed by atoms with Crippen LogP contribution in [0.2, 0.25) is 0 Å². The molecule has 0 aromatic carbocycles. The van der Waals surface area contributed by atoms with Crippen molar-refractivity contribution >= 4 is 0 Å². The smallest absolute Gasteiger partial charge is 0.0615 e. The number of methoxy groups -OCH3 is 1. The third kappa shape index (κ3) is 9.92. The van der Waals surface area contributed by atoms with Crippen molar-refractivity contribution in [1.29, 1.82) is 0 Å². The van der Waals surface area contributed by atoms with Crippen LogP contribution in [0.4, 0.5) is 0 Å². The summed E-state index contributed by atoms with van der Waals surface area (Å²) < 4.78 is 4.98. The van der Waals surface area contributed by atoms with Crippen LogP contribution in [0, 0.1) is 0 Å². The molecular weight excluding hydrogens is 138 g/mol. The third-order valence-corrected chi connectivity index (χ3v) is 1.35. The standard InChI is InChI=1S/C7H17NO.C2H6/c1-4-7(6-9-3)8-5-2;1-2/h7-8H,4-6H2,1-3H3;1-2H3/t7-;/m1./s1. The average Bonchev–Trinajstić information content (AvgIpc) is 2.08. The second-order valence-corrected chi connectivity index (χ2v) is 2.12. The fourth-order valence-corrected chi connectivity index (χ4v) is 0.811. The first kappa shape index (κ1) is 13.5. The minimum absolute atomic E-state index is 0.542. The average molecular weight is 161 g/mol. The Hall–Kier alpha value is -0.0800. The highest BCUT2D eigenvalue weighted by Gasteiger charge is 2.00. The minimum Gasteiger partial charge on any atom is -0.383 e. The van der Waals surface area contributed by atoms with Crippen LogP contribution < -0.4 is 5.32 Å². The molecule has 11 heavy (non-hydrogen) atoms. The van der Waals surface area contributed by atoms with E-state index in [1.54, 1.807) is 7.11 Å². The maximum Gasteiger partial charge on any atom is 0.0615 e. The summed E-state index contributed by atoms with van der Waals surface area (Å²) in [7, 11) is 1.74. The Kier molecular flexibility index (Phi) is 15.4. The lowest BCUT2D eigenvalue weighted by Crippen LogP contribution is -2.32. The van der Waals surface area contributed by atoms with E-state index < -0.39 is 0 Å². The topological polar surface area (TPSA) is 21.3 Å². The maximum atomic E-state index is 4.98. The Balaban J connectivity index is 0. The monoisotopic (exact) mass is 161 g/mol. The van der Waals surface area contributed by atoms with Crippen LogP contribution in [0.15, 0.2) is 0 Å². The van der Waals surface area contributed by atoms with Crippen molar-refractivity contribution in [2.24, 2.45) is 0 Å². The number of hydrogen-bond acceptors (Lipinski definition) is 2. The molecule has 0 aromatic rings. The summed E-state index contributed by atoms with van der Waals surface area (Å²) in [6.45, 7) is 10.1. The van der Waals surface area contributed by atoms with Gasteiger partial charge >= 0.3 is 0 Å². The van der Waals surface area contributed by atoms with E-state index in [-0.39, 0.29) is 0 Å². The predicted octanol–water partition coefficient (Wildman–Crippen LogP) is 2.05. The molecule has 2 nitrogen and oxygen atoms in total. The number of likely N-dealkylation sites (N-methyl/N-ethyl adjacent to an activating group) is 1. The highest BCUT2D eigenvalue weighted by atomic mass is 16.5. The summed E-state index contributed by atoms with van der Waals surface area (Å²) in [5.74, 6) is 0. The fraction of sp³-hybridized carbons (Fsp3) is 1.00. The zero-order chi connectivity index (χ0) is 9.11. The van der Waals surface area contributed by atoms with Crippen LogP contribution in [0.1, 0.15) is 34.1 Å². The van der Waals surface area contributed by atoms with E-state index in [4.69, 9.17) is 4.74 Å². The molecule has 0 radical (unpaired) electrons. The lowest BCUT2D eigenvalue weighted by atomic mass is 10.2. The summed E-state index contributed by atoms with van der Waals surface area (Å²) in [6.07, 6.45) is 1.14. The molecule has 0 aromatic heterocycles. The summed E-state index contributed by atoms with van der Waals surface area (Å²) in [5, 5.41) is 3.31. The van der Waals surface area contributed by atoms with Gasteiger partial charge in [0.05, 0.1) is 6.61 Å². The lowest BCUT2D eigenvalue weighted by Gasteiger charge is -2.13. The Labute approximate surface area is 71.3 Å². The van der Waals surface area contributed by atoms with Gasteiger partial charge in [-0.2, -0.15) is 0 Å². The Bertz CT molecular complexity index is 51.5. The Morgan fingerprint density at radius 1 is 1.27 bits per heavy atom. The number of rotatable bonds is 5. The van der Waals surface area contributed by atoms with Crippen LogP contribution in [0.3, 0.4) is 0 Å². The quantitative estimate of drug-likeness (QED) is 0.666. The SMILES string of the molecule is CC.CCN[C@H](CC)COC. The zero-order valence-electron chi connectivity index (χ0n) is 8.61. The van der Waals surface area contributed by atoms with Crippen molar-refractivity contribution in [3.63, 3.8) is 0 Å². The van der Waals surface area contributed by atoms with Gasteiger partial charge in [0, 0.05) is 13.2 Å². The molecule has 1 atom stereocenters. The molecule has 0 fully saturated rings. The summed E-state index contributed by atoms with van der Waals surface area (Å²) in [4.78, 5) is 0. The lowest BCUT2D eigenvalue weighted by molar-refractivity contribution is 0.165. The molecule has 70 valence electrons. The predicted molar refractivity (Wildman–Crippen MR) is 51.0 cm³/mol. The van der Waals surface area contributed by atoms with Crippen LogP contribution in [-0.2, 0) is 4.74 Å². The van der Waals surface area contributed by atoms with E-state index in [1.807, 2.05) is 13.8 Å². The molecule has 0 aliphatic rings. The van der Waals surface area contributed by atoms with Crippen LogP contribution >= 0.6 is 0 Å². The van der Waals surface area contributed by atoms with Gasteiger partial charge in [0.15, 0.2) is 0 Å². The van der Waals surface area contributed by atoms with Crippen molar-refractivity contribution in [1.82, 2.24) is 5.32 Å². The van der Waals surface area contributed by atoms with E-state index in [0.29, 0.717) is 6.04 Å². The molecule has 2 heteroatoms.